The van der Waals surface area contributed by atoms with E-state index in [0.717, 1.165) is 28.7 Å². The zero-order valence-corrected chi connectivity index (χ0v) is 27.6. The highest BCUT2D eigenvalue weighted by Gasteiger charge is 2.46. The fraction of sp³-hybridized carbons (Fsp3) is 0.486. The number of benzene rings is 2. The molecule has 1 aromatic heterocycles. The van der Waals surface area contributed by atoms with E-state index >= 15 is 0 Å². The minimum absolute atomic E-state index is 0.00693. The van der Waals surface area contributed by atoms with Crippen LogP contribution in [-0.2, 0) is 23.1 Å². The number of aromatic nitrogens is 2. The zero-order valence-electron chi connectivity index (χ0n) is 27.6. The van der Waals surface area contributed by atoms with Gasteiger partial charge in [-0.2, -0.15) is 5.26 Å². The van der Waals surface area contributed by atoms with E-state index in [4.69, 9.17) is 4.42 Å². The van der Waals surface area contributed by atoms with Gasteiger partial charge in [-0.1, -0.05) is 26.0 Å². The third-order valence-electron chi connectivity index (χ3n) is 9.07. The Balaban J connectivity index is 1.62. The van der Waals surface area contributed by atoms with Crippen LogP contribution in [0.15, 0.2) is 40.8 Å². The van der Waals surface area contributed by atoms with Gasteiger partial charge < -0.3 is 24.4 Å². The molecule has 3 aromatic rings. The van der Waals surface area contributed by atoms with E-state index < -0.39 is 5.41 Å². The van der Waals surface area contributed by atoms with Gasteiger partial charge in [0, 0.05) is 51.8 Å². The van der Waals surface area contributed by atoms with Crippen LogP contribution in [0.1, 0.15) is 93.8 Å². The van der Waals surface area contributed by atoms with Crippen molar-refractivity contribution in [3.05, 3.63) is 81.6 Å². The van der Waals surface area contributed by atoms with Crippen molar-refractivity contribution in [1.82, 2.24) is 30.2 Å². The van der Waals surface area contributed by atoms with Crippen molar-refractivity contribution in [1.29, 1.82) is 5.26 Å². The van der Waals surface area contributed by atoms with E-state index in [9.17, 15) is 19.6 Å². The van der Waals surface area contributed by atoms with Gasteiger partial charge in [0.05, 0.1) is 12.6 Å². The molecule has 1 saturated heterocycles. The highest BCUT2D eigenvalue weighted by Crippen LogP contribution is 2.47. The van der Waals surface area contributed by atoms with E-state index in [1.165, 1.54) is 0 Å². The summed E-state index contributed by atoms with van der Waals surface area (Å²) in [5.74, 6) is 0.667. The molecule has 1 aliphatic carbocycles. The molecule has 2 aromatic carbocycles. The second-order valence-corrected chi connectivity index (χ2v) is 12.9. The number of nitrogens with one attached hydrogen (secondary N) is 1. The van der Waals surface area contributed by atoms with Gasteiger partial charge in [-0.25, -0.2) is 0 Å². The summed E-state index contributed by atoms with van der Waals surface area (Å²) in [6, 6.07) is 13.4. The van der Waals surface area contributed by atoms with Gasteiger partial charge in [0.2, 0.25) is 17.7 Å². The number of aryl methyl sites for hydroxylation is 2. The van der Waals surface area contributed by atoms with E-state index in [2.05, 4.69) is 21.6 Å². The molecule has 2 heterocycles. The molecule has 5 rings (SSSR count). The first-order valence-corrected chi connectivity index (χ1v) is 15.9. The summed E-state index contributed by atoms with van der Waals surface area (Å²) in [6.45, 7) is 5.10. The minimum atomic E-state index is -0.931. The van der Waals surface area contributed by atoms with Crippen LogP contribution < -0.4 is 5.32 Å². The lowest BCUT2D eigenvalue weighted by Gasteiger charge is -2.34. The van der Waals surface area contributed by atoms with Crippen molar-refractivity contribution in [2.24, 2.45) is 0 Å². The van der Waals surface area contributed by atoms with Gasteiger partial charge in [-0.15, -0.1) is 10.2 Å². The molecule has 2 aliphatic rings. The van der Waals surface area contributed by atoms with Gasteiger partial charge >= 0.3 is 0 Å². The highest BCUT2D eigenvalue weighted by atomic mass is 16.4. The number of carbonyl (C=O) groups excluding carboxylic acids is 3. The molecule has 1 unspecified atom stereocenters. The molecule has 46 heavy (non-hydrogen) atoms. The molecule has 0 saturated carbocycles. The third-order valence-corrected chi connectivity index (χ3v) is 9.07. The number of nitrogens with zero attached hydrogens (tertiary/aromatic N) is 6. The average molecular weight is 626 g/mol. The van der Waals surface area contributed by atoms with E-state index in [1.54, 1.807) is 42.9 Å². The molecular formula is C35H43N7O4. The highest BCUT2D eigenvalue weighted by molar-refractivity contribution is 5.95. The zero-order chi connectivity index (χ0) is 33.2. The Hall–Kier alpha value is -4.56. The summed E-state index contributed by atoms with van der Waals surface area (Å²) in [4.78, 5) is 43.9. The Labute approximate surface area is 270 Å². The number of carbonyl (C=O) groups is 3. The Morgan fingerprint density at radius 3 is 2.09 bits per heavy atom. The first-order chi connectivity index (χ1) is 22.0. The average Bonchev–Trinajstić information content (AvgIpc) is 3.72. The lowest BCUT2D eigenvalue weighted by Crippen LogP contribution is -2.42. The molecule has 11 heteroatoms. The molecule has 1 fully saturated rings. The number of hydrogen-bond donors (Lipinski definition) is 1. The van der Waals surface area contributed by atoms with Crippen LogP contribution in [0.25, 0.3) is 0 Å². The first-order valence-electron chi connectivity index (χ1n) is 15.9. The Kier molecular flexibility index (Phi) is 9.58. The summed E-state index contributed by atoms with van der Waals surface area (Å²) in [5, 5.41) is 21.9. The van der Waals surface area contributed by atoms with Crippen LogP contribution in [0.3, 0.4) is 0 Å². The largest absolute Gasteiger partial charge is 0.424 e. The summed E-state index contributed by atoms with van der Waals surface area (Å²) in [7, 11) is 6.93. The molecular weight excluding hydrogens is 582 g/mol. The first kappa shape index (κ1) is 32.8. The molecule has 1 N–H and O–H groups in total. The van der Waals surface area contributed by atoms with Gasteiger partial charge in [0.15, 0.2) is 0 Å². The van der Waals surface area contributed by atoms with Gasteiger partial charge in [-0.3, -0.25) is 14.4 Å². The Morgan fingerprint density at radius 1 is 1.00 bits per heavy atom. The second-order valence-electron chi connectivity index (χ2n) is 12.9. The number of hydrogen-bond acceptors (Lipinski definition) is 8. The molecule has 1 atom stereocenters. The minimum Gasteiger partial charge on any atom is -0.424 e. The van der Waals surface area contributed by atoms with Gasteiger partial charge in [-0.05, 0) is 85.2 Å². The fourth-order valence-electron chi connectivity index (χ4n) is 6.65. The summed E-state index contributed by atoms with van der Waals surface area (Å²) in [6.07, 6.45) is 3.26. The van der Waals surface area contributed by atoms with Crippen molar-refractivity contribution in [2.75, 3.05) is 47.8 Å². The molecule has 3 amide bonds. The van der Waals surface area contributed by atoms with E-state index in [-0.39, 0.29) is 36.2 Å². The maximum absolute atomic E-state index is 13.1. The van der Waals surface area contributed by atoms with Crippen LogP contribution >= 0.6 is 0 Å². The smallest absolute Gasteiger partial charge is 0.253 e. The SMILES string of the molecule is CC(C)c1nnc(C2(CCNCC(=O)N3CCCC3C#N)c3ccc(C(=O)N(C)C)cc3CCc3cc(C(=O)N(C)C)ccc32)o1. The normalized spacial score (nSPS) is 16.7. The topological polar surface area (TPSA) is 136 Å². The van der Waals surface area contributed by atoms with Gasteiger partial charge in [0.1, 0.15) is 11.5 Å². The van der Waals surface area contributed by atoms with Crippen molar-refractivity contribution in [3.63, 3.8) is 0 Å². The van der Waals surface area contributed by atoms with Crippen LogP contribution in [0, 0.1) is 11.3 Å². The molecule has 11 nitrogen and oxygen atoms in total. The molecule has 0 spiro atoms. The van der Waals surface area contributed by atoms with Crippen LogP contribution in [0.5, 0.6) is 0 Å². The third kappa shape index (κ3) is 6.14. The quantitative estimate of drug-likeness (QED) is 0.357. The second kappa shape index (κ2) is 13.4. The molecule has 0 bridgehead atoms. The summed E-state index contributed by atoms with van der Waals surface area (Å²) >= 11 is 0. The maximum atomic E-state index is 13.1. The van der Waals surface area contributed by atoms with Crippen LogP contribution in [0.2, 0.25) is 0 Å². The number of fused-ring (bicyclic) bond motifs is 2. The summed E-state index contributed by atoms with van der Waals surface area (Å²) < 4.78 is 6.47. The molecule has 1 aliphatic heterocycles. The number of nitriles is 1. The standard InChI is InChI=1S/C35H43N7O4/c1-22(2)31-38-39-34(46-31)35(15-16-37-21-30(43)42-17-7-8-27(42)20-36)28-13-11-25(32(44)40(3)4)18-23(28)9-10-24-19-26(12-14-29(24)35)33(45)41(5)6/h11-14,18-19,22,27,37H,7-10,15-17,21H2,1-6H3. The van der Waals surface area contributed by atoms with Crippen LogP contribution in [0.4, 0.5) is 0 Å². The van der Waals surface area contributed by atoms with E-state index in [1.807, 2.05) is 50.2 Å². The van der Waals surface area contributed by atoms with Crippen molar-refractivity contribution in [2.45, 2.75) is 63.3 Å². The Bertz CT molecular complexity index is 1600. The van der Waals surface area contributed by atoms with E-state index in [0.29, 0.717) is 61.7 Å². The van der Waals surface area contributed by atoms with Crippen molar-refractivity contribution < 1.29 is 18.8 Å². The van der Waals surface area contributed by atoms with Crippen molar-refractivity contribution >= 4 is 17.7 Å². The predicted molar refractivity (Wildman–Crippen MR) is 172 cm³/mol. The van der Waals surface area contributed by atoms with Crippen molar-refractivity contribution in [3.8, 4) is 6.07 Å². The van der Waals surface area contributed by atoms with Crippen LogP contribution in [-0.4, -0.2) is 96.5 Å². The fourth-order valence-corrected chi connectivity index (χ4v) is 6.65. The Morgan fingerprint density at radius 2 is 1.59 bits per heavy atom. The number of rotatable bonds is 9. The predicted octanol–water partition coefficient (Wildman–Crippen LogP) is 3.52. The number of amides is 3. The maximum Gasteiger partial charge on any atom is 0.253 e. The lowest BCUT2D eigenvalue weighted by atomic mass is 9.69. The van der Waals surface area contributed by atoms with Gasteiger partial charge in [0.25, 0.3) is 11.8 Å². The number of likely N-dealkylation sites (tertiary alicyclic amines) is 1. The monoisotopic (exact) mass is 625 g/mol. The molecule has 242 valence electrons. The lowest BCUT2D eigenvalue weighted by molar-refractivity contribution is -0.130. The summed E-state index contributed by atoms with van der Waals surface area (Å²) in [5.41, 5.74) is 4.11. The molecule has 0 radical (unpaired) electrons.